The molecule has 0 aromatic heterocycles. The zero-order valence-corrected chi connectivity index (χ0v) is 12.2. The molecule has 1 saturated carbocycles. The van der Waals surface area contributed by atoms with Crippen LogP contribution in [0.1, 0.15) is 40.0 Å². The summed E-state index contributed by atoms with van der Waals surface area (Å²) in [6.07, 6.45) is 3.86. The molecule has 0 heterocycles. The van der Waals surface area contributed by atoms with Gasteiger partial charge < -0.3 is 15.4 Å². The van der Waals surface area contributed by atoms with Gasteiger partial charge in [0.25, 0.3) is 0 Å². The third-order valence-corrected chi connectivity index (χ3v) is 4.49. The van der Waals surface area contributed by atoms with Gasteiger partial charge >= 0.3 is 0 Å². The molecule has 3 heteroatoms. The average Bonchev–Trinajstić information content (AvgIpc) is 2.25. The van der Waals surface area contributed by atoms with Crippen molar-refractivity contribution in [2.45, 2.75) is 52.1 Å². The van der Waals surface area contributed by atoms with Gasteiger partial charge in [0, 0.05) is 25.7 Å². The van der Waals surface area contributed by atoms with Crippen LogP contribution in [0.15, 0.2) is 0 Å². The summed E-state index contributed by atoms with van der Waals surface area (Å²) in [6.45, 7) is 8.71. The summed E-state index contributed by atoms with van der Waals surface area (Å²) in [5, 5.41) is 0. The predicted molar refractivity (Wildman–Crippen MR) is 73.1 cm³/mol. The van der Waals surface area contributed by atoms with Crippen molar-refractivity contribution in [3.63, 3.8) is 0 Å². The van der Waals surface area contributed by atoms with Gasteiger partial charge in [0.1, 0.15) is 0 Å². The minimum absolute atomic E-state index is 0.300. The van der Waals surface area contributed by atoms with Gasteiger partial charge in [-0.1, -0.05) is 20.3 Å². The maximum Gasteiger partial charge on any atom is 0.0615 e. The molecule has 0 spiro atoms. The Morgan fingerprint density at radius 3 is 2.71 bits per heavy atom. The number of methoxy groups -OCH3 is 1. The second-order valence-corrected chi connectivity index (χ2v) is 6.41. The highest BCUT2D eigenvalue weighted by molar-refractivity contribution is 4.92. The highest BCUT2D eigenvalue weighted by atomic mass is 16.5. The van der Waals surface area contributed by atoms with Crippen molar-refractivity contribution < 1.29 is 4.74 Å². The number of hydrogen-bond acceptors (Lipinski definition) is 3. The number of rotatable bonds is 5. The fraction of sp³-hybridized carbons (Fsp3) is 1.00. The summed E-state index contributed by atoms with van der Waals surface area (Å²) in [4.78, 5) is 2.38. The van der Waals surface area contributed by atoms with Crippen LogP contribution < -0.4 is 5.73 Å². The first-order chi connectivity index (χ1) is 7.88. The third-order valence-electron chi connectivity index (χ3n) is 4.49. The standard InChI is InChI=1S/C14H30N2O/c1-11(10-17-5)16(4)9-12-7-6-8-14(2,3)13(12)15/h11-13H,6-10,15H2,1-5H3. The first-order valence-electron chi connectivity index (χ1n) is 6.83. The van der Waals surface area contributed by atoms with E-state index in [4.69, 9.17) is 10.5 Å². The monoisotopic (exact) mass is 242 g/mol. The molecule has 0 aromatic rings. The van der Waals surface area contributed by atoms with E-state index in [0.29, 0.717) is 23.4 Å². The molecular weight excluding hydrogens is 212 g/mol. The normalized spacial score (nSPS) is 30.5. The minimum Gasteiger partial charge on any atom is -0.383 e. The van der Waals surface area contributed by atoms with Gasteiger partial charge in [-0.3, -0.25) is 0 Å². The number of nitrogens with two attached hydrogens (primary N) is 1. The van der Waals surface area contributed by atoms with Crippen molar-refractivity contribution >= 4 is 0 Å². The molecule has 0 saturated heterocycles. The predicted octanol–water partition coefficient (Wildman–Crippen LogP) is 2.11. The van der Waals surface area contributed by atoms with Gasteiger partial charge in [0.05, 0.1) is 6.61 Å². The molecule has 3 atom stereocenters. The van der Waals surface area contributed by atoms with Crippen LogP contribution in [0.25, 0.3) is 0 Å². The van der Waals surface area contributed by atoms with Gasteiger partial charge in [-0.05, 0) is 38.1 Å². The summed E-state index contributed by atoms with van der Waals surface area (Å²) < 4.78 is 5.21. The molecule has 0 radical (unpaired) electrons. The van der Waals surface area contributed by atoms with Gasteiger partial charge in [0.2, 0.25) is 0 Å². The Labute approximate surface area is 107 Å². The average molecular weight is 242 g/mol. The summed E-state index contributed by atoms with van der Waals surface area (Å²) in [5.41, 5.74) is 6.72. The van der Waals surface area contributed by atoms with E-state index in [-0.39, 0.29) is 0 Å². The molecular formula is C14H30N2O. The Kier molecular flexibility index (Phi) is 5.42. The van der Waals surface area contributed by atoms with Crippen LogP contribution in [0.3, 0.4) is 0 Å². The van der Waals surface area contributed by atoms with Crippen molar-refractivity contribution in [1.82, 2.24) is 4.90 Å². The van der Waals surface area contributed by atoms with Crippen LogP contribution >= 0.6 is 0 Å². The molecule has 102 valence electrons. The highest BCUT2D eigenvalue weighted by Crippen LogP contribution is 2.37. The number of nitrogens with zero attached hydrogens (tertiary/aromatic N) is 1. The first kappa shape index (κ1) is 14.9. The number of hydrogen-bond donors (Lipinski definition) is 1. The van der Waals surface area contributed by atoms with Crippen LogP contribution in [0.4, 0.5) is 0 Å². The maximum atomic E-state index is 6.42. The summed E-state index contributed by atoms with van der Waals surface area (Å²) in [5.74, 6) is 0.628. The molecule has 1 aliphatic carbocycles. The van der Waals surface area contributed by atoms with Crippen molar-refractivity contribution in [1.29, 1.82) is 0 Å². The van der Waals surface area contributed by atoms with Gasteiger partial charge in [0.15, 0.2) is 0 Å². The lowest BCUT2D eigenvalue weighted by Gasteiger charge is -2.43. The van der Waals surface area contributed by atoms with Crippen LogP contribution in [-0.4, -0.2) is 44.3 Å². The van der Waals surface area contributed by atoms with Gasteiger partial charge in [-0.15, -0.1) is 0 Å². The molecule has 3 unspecified atom stereocenters. The first-order valence-corrected chi connectivity index (χ1v) is 6.83. The number of ether oxygens (including phenoxy) is 1. The second kappa shape index (κ2) is 6.17. The smallest absolute Gasteiger partial charge is 0.0615 e. The molecule has 1 aliphatic rings. The third kappa shape index (κ3) is 3.94. The van der Waals surface area contributed by atoms with Crippen molar-refractivity contribution in [3.8, 4) is 0 Å². The van der Waals surface area contributed by atoms with Gasteiger partial charge in [-0.25, -0.2) is 0 Å². The SMILES string of the molecule is COCC(C)N(C)CC1CCCC(C)(C)C1N. The maximum absolute atomic E-state index is 6.42. The second-order valence-electron chi connectivity index (χ2n) is 6.41. The van der Waals surface area contributed by atoms with E-state index < -0.39 is 0 Å². The molecule has 0 amide bonds. The fourth-order valence-corrected chi connectivity index (χ4v) is 2.93. The van der Waals surface area contributed by atoms with Crippen LogP contribution in [0.2, 0.25) is 0 Å². The highest BCUT2D eigenvalue weighted by Gasteiger charge is 2.36. The minimum atomic E-state index is 0.300. The Balaban J connectivity index is 2.50. The lowest BCUT2D eigenvalue weighted by molar-refractivity contribution is 0.0707. The Hall–Kier alpha value is -0.120. The molecule has 1 fully saturated rings. The molecule has 3 nitrogen and oxygen atoms in total. The number of likely N-dealkylation sites (N-methyl/N-ethyl adjacent to an activating group) is 1. The molecule has 2 N–H and O–H groups in total. The molecule has 0 bridgehead atoms. The van der Waals surface area contributed by atoms with E-state index in [1.54, 1.807) is 7.11 Å². The zero-order chi connectivity index (χ0) is 13.1. The van der Waals surface area contributed by atoms with Gasteiger partial charge in [-0.2, -0.15) is 0 Å². The molecule has 1 rings (SSSR count). The van der Waals surface area contributed by atoms with E-state index in [2.05, 4.69) is 32.7 Å². The van der Waals surface area contributed by atoms with E-state index >= 15 is 0 Å². The van der Waals surface area contributed by atoms with Crippen molar-refractivity contribution in [2.75, 3.05) is 27.3 Å². The summed E-state index contributed by atoms with van der Waals surface area (Å²) in [6, 6.07) is 0.797. The van der Waals surface area contributed by atoms with E-state index in [1.165, 1.54) is 19.3 Å². The summed E-state index contributed by atoms with van der Waals surface area (Å²) in [7, 11) is 3.94. The van der Waals surface area contributed by atoms with E-state index in [1.807, 2.05) is 0 Å². The lowest BCUT2D eigenvalue weighted by Crippen LogP contribution is -2.51. The van der Waals surface area contributed by atoms with E-state index in [0.717, 1.165) is 13.2 Å². The summed E-state index contributed by atoms with van der Waals surface area (Å²) >= 11 is 0. The lowest BCUT2D eigenvalue weighted by atomic mass is 9.68. The Morgan fingerprint density at radius 2 is 2.12 bits per heavy atom. The quantitative estimate of drug-likeness (QED) is 0.802. The van der Waals surface area contributed by atoms with Crippen LogP contribution in [-0.2, 0) is 4.74 Å². The zero-order valence-electron chi connectivity index (χ0n) is 12.2. The van der Waals surface area contributed by atoms with Crippen LogP contribution in [0.5, 0.6) is 0 Å². The molecule has 17 heavy (non-hydrogen) atoms. The topological polar surface area (TPSA) is 38.5 Å². The van der Waals surface area contributed by atoms with Crippen molar-refractivity contribution in [3.05, 3.63) is 0 Å². The van der Waals surface area contributed by atoms with Crippen molar-refractivity contribution in [2.24, 2.45) is 17.1 Å². The fourth-order valence-electron chi connectivity index (χ4n) is 2.93. The molecule has 0 aromatic carbocycles. The van der Waals surface area contributed by atoms with Crippen LogP contribution in [0, 0.1) is 11.3 Å². The Morgan fingerprint density at radius 1 is 1.47 bits per heavy atom. The largest absolute Gasteiger partial charge is 0.383 e. The van der Waals surface area contributed by atoms with E-state index in [9.17, 15) is 0 Å². The Bertz CT molecular complexity index is 230. The molecule has 0 aliphatic heterocycles.